The number of nitrogen functional groups attached to an aromatic ring is 1. The molecule has 1 unspecified atom stereocenters. The van der Waals surface area contributed by atoms with Crippen LogP contribution >= 0.6 is 11.6 Å². The van der Waals surface area contributed by atoms with Gasteiger partial charge in [-0.1, -0.05) is 11.6 Å². The van der Waals surface area contributed by atoms with Gasteiger partial charge in [-0.3, -0.25) is 4.79 Å². The van der Waals surface area contributed by atoms with Crippen molar-refractivity contribution in [1.82, 2.24) is 9.80 Å². The number of halogens is 1. The van der Waals surface area contributed by atoms with Crippen molar-refractivity contribution >= 4 is 23.2 Å². The van der Waals surface area contributed by atoms with Gasteiger partial charge in [-0.2, -0.15) is 0 Å². The summed E-state index contributed by atoms with van der Waals surface area (Å²) in [6.45, 7) is 1.84. The van der Waals surface area contributed by atoms with Gasteiger partial charge in [0.25, 0.3) is 5.91 Å². The predicted octanol–water partition coefficient (Wildman–Crippen LogP) is 2.09. The molecule has 1 fully saturated rings. The fraction of sp³-hybridized carbons (Fsp3) is 0.500. The van der Waals surface area contributed by atoms with Gasteiger partial charge in [-0.15, -0.1) is 0 Å². The van der Waals surface area contributed by atoms with Crippen LogP contribution in [0.25, 0.3) is 0 Å². The van der Waals surface area contributed by atoms with Crippen molar-refractivity contribution in [2.75, 3.05) is 32.9 Å². The Kier molecular flexibility index (Phi) is 4.32. The van der Waals surface area contributed by atoms with Gasteiger partial charge >= 0.3 is 0 Å². The highest BCUT2D eigenvalue weighted by Gasteiger charge is 2.24. The van der Waals surface area contributed by atoms with Crippen molar-refractivity contribution in [3.63, 3.8) is 0 Å². The Morgan fingerprint density at radius 1 is 1.58 bits per heavy atom. The van der Waals surface area contributed by atoms with E-state index in [0.717, 1.165) is 19.5 Å². The normalized spacial score (nSPS) is 19.6. The summed E-state index contributed by atoms with van der Waals surface area (Å²) in [5.74, 6) is -0.0506. The molecule has 0 aliphatic carbocycles. The lowest BCUT2D eigenvalue weighted by molar-refractivity contribution is 0.0761. The van der Waals surface area contributed by atoms with E-state index in [-0.39, 0.29) is 5.91 Å². The minimum absolute atomic E-state index is 0.0506. The number of carbonyl (C=O) groups is 1. The van der Waals surface area contributed by atoms with Gasteiger partial charge in [0, 0.05) is 25.3 Å². The standard InChI is InChI=1S/C14H20ClN3O/c1-17-7-3-4-11(17)9-18(2)14(19)12-6-5-10(16)8-13(12)15/h5-6,8,11H,3-4,7,9,16H2,1-2H3. The van der Waals surface area contributed by atoms with Gasteiger partial charge in [0.1, 0.15) is 0 Å². The maximum atomic E-state index is 12.4. The Hall–Kier alpha value is -1.26. The van der Waals surface area contributed by atoms with Gasteiger partial charge in [0.2, 0.25) is 0 Å². The second kappa shape index (κ2) is 5.80. The molecule has 104 valence electrons. The number of anilines is 1. The van der Waals surface area contributed by atoms with Gasteiger partial charge in [0.05, 0.1) is 10.6 Å². The monoisotopic (exact) mass is 281 g/mol. The Morgan fingerprint density at radius 2 is 2.32 bits per heavy atom. The molecule has 1 aliphatic rings. The number of amides is 1. The number of rotatable bonds is 3. The zero-order chi connectivity index (χ0) is 14.0. The third kappa shape index (κ3) is 3.19. The van der Waals surface area contributed by atoms with E-state index in [2.05, 4.69) is 11.9 Å². The topological polar surface area (TPSA) is 49.6 Å². The molecular formula is C14H20ClN3O. The quantitative estimate of drug-likeness (QED) is 0.863. The highest BCUT2D eigenvalue weighted by molar-refractivity contribution is 6.34. The Balaban J connectivity index is 2.06. The molecule has 1 saturated heterocycles. The number of hydrogen-bond donors (Lipinski definition) is 1. The number of carbonyl (C=O) groups excluding carboxylic acids is 1. The average Bonchev–Trinajstić information content (AvgIpc) is 2.74. The summed E-state index contributed by atoms with van der Waals surface area (Å²) in [5, 5.41) is 0.414. The zero-order valence-corrected chi connectivity index (χ0v) is 12.2. The fourth-order valence-electron chi connectivity index (χ4n) is 2.52. The van der Waals surface area contributed by atoms with Crippen molar-refractivity contribution in [2.24, 2.45) is 0 Å². The van der Waals surface area contributed by atoms with Crippen molar-refractivity contribution in [3.8, 4) is 0 Å². The Labute approximate surface area is 119 Å². The van der Waals surface area contributed by atoms with E-state index in [4.69, 9.17) is 17.3 Å². The summed E-state index contributed by atoms with van der Waals surface area (Å²) in [4.78, 5) is 16.4. The second-order valence-electron chi connectivity index (χ2n) is 5.20. The largest absolute Gasteiger partial charge is 0.399 e. The van der Waals surface area contributed by atoms with E-state index in [9.17, 15) is 4.79 Å². The summed E-state index contributed by atoms with van der Waals surface area (Å²) in [7, 11) is 3.92. The molecule has 0 radical (unpaired) electrons. The van der Waals surface area contributed by atoms with Gasteiger partial charge in [0.15, 0.2) is 0 Å². The number of likely N-dealkylation sites (tertiary alicyclic amines) is 1. The van der Waals surface area contributed by atoms with Crippen LogP contribution in [0.15, 0.2) is 18.2 Å². The Morgan fingerprint density at radius 3 is 2.89 bits per heavy atom. The van der Waals surface area contributed by atoms with Crippen LogP contribution in [0.2, 0.25) is 5.02 Å². The van der Waals surface area contributed by atoms with Crippen LogP contribution in [0.3, 0.4) is 0 Å². The molecule has 1 aromatic carbocycles. The minimum atomic E-state index is -0.0506. The molecule has 4 nitrogen and oxygen atoms in total. The van der Waals surface area contributed by atoms with Crippen LogP contribution in [-0.4, -0.2) is 48.9 Å². The molecule has 1 amide bonds. The van der Waals surface area contributed by atoms with Crippen LogP contribution in [0.4, 0.5) is 5.69 Å². The van der Waals surface area contributed by atoms with Crippen LogP contribution in [-0.2, 0) is 0 Å². The molecular weight excluding hydrogens is 262 g/mol. The SMILES string of the molecule is CN(CC1CCCN1C)C(=O)c1ccc(N)cc1Cl. The van der Waals surface area contributed by atoms with Gasteiger partial charge < -0.3 is 15.5 Å². The van der Waals surface area contributed by atoms with Crippen molar-refractivity contribution in [1.29, 1.82) is 0 Å². The molecule has 5 heteroatoms. The molecule has 0 aromatic heterocycles. The highest BCUT2D eigenvalue weighted by atomic mass is 35.5. The van der Waals surface area contributed by atoms with E-state index < -0.39 is 0 Å². The number of nitrogens with zero attached hydrogens (tertiary/aromatic N) is 2. The van der Waals surface area contributed by atoms with E-state index in [1.807, 2.05) is 7.05 Å². The lowest BCUT2D eigenvalue weighted by Crippen LogP contribution is -2.39. The van der Waals surface area contributed by atoms with E-state index in [1.165, 1.54) is 6.42 Å². The predicted molar refractivity (Wildman–Crippen MR) is 78.5 cm³/mol. The summed E-state index contributed by atoms with van der Waals surface area (Å²) in [6.07, 6.45) is 2.34. The summed E-state index contributed by atoms with van der Waals surface area (Å²) >= 11 is 6.08. The molecule has 0 saturated carbocycles. The molecule has 1 atom stereocenters. The first-order valence-electron chi connectivity index (χ1n) is 6.50. The lowest BCUT2D eigenvalue weighted by Gasteiger charge is -2.26. The van der Waals surface area contributed by atoms with Crippen molar-refractivity contribution in [3.05, 3.63) is 28.8 Å². The third-order valence-electron chi connectivity index (χ3n) is 3.73. The molecule has 2 rings (SSSR count). The molecule has 19 heavy (non-hydrogen) atoms. The first-order chi connectivity index (χ1) is 8.99. The summed E-state index contributed by atoms with van der Waals surface area (Å²) in [6, 6.07) is 5.45. The summed E-state index contributed by atoms with van der Waals surface area (Å²) in [5.41, 5.74) is 6.72. The van der Waals surface area contributed by atoms with Crippen LogP contribution in [0.5, 0.6) is 0 Å². The lowest BCUT2D eigenvalue weighted by atomic mass is 10.1. The number of hydrogen-bond acceptors (Lipinski definition) is 3. The number of benzene rings is 1. The van der Waals surface area contributed by atoms with Crippen LogP contribution in [0, 0.1) is 0 Å². The zero-order valence-electron chi connectivity index (χ0n) is 11.4. The first-order valence-corrected chi connectivity index (χ1v) is 6.87. The van der Waals surface area contributed by atoms with E-state index >= 15 is 0 Å². The number of nitrogens with two attached hydrogens (primary N) is 1. The molecule has 1 heterocycles. The average molecular weight is 282 g/mol. The molecule has 2 N–H and O–H groups in total. The molecule has 0 spiro atoms. The smallest absolute Gasteiger partial charge is 0.255 e. The summed E-state index contributed by atoms with van der Waals surface area (Å²) < 4.78 is 0. The molecule has 0 bridgehead atoms. The van der Waals surface area contributed by atoms with Gasteiger partial charge in [-0.25, -0.2) is 0 Å². The highest BCUT2D eigenvalue weighted by Crippen LogP contribution is 2.22. The Bertz CT molecular complexity index is 478. The van der Waals surface area contributed by atoms with Crippen molar-refractivity contribution < 1.29 is 4.79 Å². The molecule has 1 aliphatic heterocycles. The number of likely N-dealkylation sites (N-methyl/N-ethyl adjacent to an activating group) is 2. The minimum Gasteiger partial charge on any atom is -0.399 e. The molecule has 1 aromatic rings. The van der Waals surface area contributed by atoms with E-state index in [0.29, 0.717) is 22.3 Å². The third-order valence-corrected chi connectivity index (χ3v) is 4.04. The second-order valence-corrected chi connectivity index (χ2v) is 5.61. The van der Waals surface area contributed by atoms with Gasteiger partial charge in [-0.05, 0) is 44.6 Å². The first kappa shape index (κ1) is 14.2. The van der Waals surface area contributed by atoms with Crippen LogP contribution < -0.4 is 5.73 Å². The van der Waals surface area contributed by atoms with Crippen LogP contribution in [0.1, 0.15) is 23.2 Å². The van der Waals surface area contributed by atoms with Crippen molar-refractivity contribution in [2.45, 2.75) is 18.9 Å². The maximum Gasteiger partial charge on any atom is 0.255 e. The fourth-order valence-corrected chi connectivity index (χ4v) is 2.79. The maximum absolute atomic E-state index is 12.4. The van der Waals surface area contributed by atoms with E-state index in [1.54, 1.807) is 23.1 Å².